The molecular formula is C17H24F3N3O4S. The van der Waals surface area contributed by atoms with Crippen molar-refractivity contribution in [2.75, 3.05) is 53.9 Å². The molecule has 1 aliphatic rings. The van der Waals surface area contributed by atoms with Gasteiger partial charge in [-0.3, -0.25) is 9.69 Å². The highest BCUT2D eigenvalue weighted by Gasteiger charge is 2.32. The Morgan fingerprint density at radius 1 is 1.18 bits per heavy atom. The average molecular weight is 423 g/mol. The van der Waals surface area contributed by atoms with Crippen LogP contribution in [0.4, 0.5) is 13.2 Å². The zero-order valence-corrected chi connectivity index (χ0v) is 16.8. The van der Waals surface area contributed by atoms with Crippen molar-refractivity contribution in [3.8, 4) is 5.75 Å². The summed E-state index contributed by atoms with van der Waals surface area (Å²) in [7, 11) is 0.227. The van der Waals surface area contributed by atoms with Gasteiger partial charge in [0, 0.05) is 45.8 Å². The third-order valence-corrected chi connectivity index (χ3v) is 6.28. The first-order chi connectivity index (χ1) is 13.0. The summed E-state index contributed by atoms with van der Waals surface area (Å²) in [5, 5.41) is 0. The molecule has 1 saturated heterocycles. The zero-order chi connectivity index (χ0) is 21.1. The van der Waals surface area contributed by atoms with Gasteiger partial charge >= 0.3 is 6.18 Å². The van der Waals surface area contributed by atoms with E-state index < -0.39 is 28.7 Å². The van der Waals surface area contributed by atoms with Crippen molar-refractivity contribution in [2.45, 2.75) is 17.5 Å². The highest BCUT2D eigenvalue weighted by atomic mass is 32.2. The number of amides is 1. The molecule has 0 atom stereocenters. The molecule has 1 aromatic rings. The molecule has 0 radical (unpaired) electrons. The fraction of sp³-hybridized carbons (Fsp3) is 0.588. The number of carbonyl (C=O) groups is 1. The van der Waals surface area contributed by atoms with Gasteiger partial charge in [0.1, 0.15) is 10.6 Å². The third kappa shape index (κ3) is 5.36. The predicted octanol–water partition coefficient (Wildman–Crippen LogP) is 1.66. The van der Waals surface area contributed by atoms with Crippen LogP contribution in [0, 0.1) is 0 Å². The molecule has 1 aliphatic heterocycles. The highest BCUT2D eigenvalue weighted by molar-refractivity contribution is 7.89. The predicted molar refractivity (Wildman–Crippen MR) is 96.9 cm³/mol. The Balaban J connectivity index is 2.23. The molecule has 1 fully saturated rings. The molecule has 0 aromatic heterocycles. The third-order valence-electron chi connectivity index (χ3n) is 4.45. The molecule has 0 aliphatic carbocycles. The van der Waals surface area contributed by atoms with Crippen molar-refractivity contribution in [3.05, 3.63) is 23.8 Å². The Labute approximate surface area is 162 Å². The minimum Gasteiger partial charge on any atom is -0.495 e. The van der Waals surface area contributed by atoms with Crippen LogP contribution < -0.4 is 4.74 Å². The maximum atomic E-state index is 12.8. The molecule has 0 unspecified atom stereocenters. The van der Waals surface area contributed by atoms with Gasteiger partial charge in [-0.1, -0.05) is 0 Å². The van der Waals surface area contributed by atoms with Gasteiger partial charge in [0.25, 0.3) is 5.91 Å². The minimum atomic E-state index is -4.29. The maximum absolute atomic E-state index is 12.8. The molecule has 28 heavy (non-hydrogen) atoms. The van der Waals surface area contributed by atoms with E-state index in [4.69, 9.17) is 4.74 Å². The van der Waals surface area contributed by atoms with Crippen molar-refractivity contribution in [1.29, 1.82) is 0 Å². The van der Waals surface area contributed by atoms with Crippen LogP contribution in [0.2, 0.25) is 0 Å². The van der Waals surface area contributed by atoms with Crippen molar-refractivity contribution >= 4 is 15.9 Å². The summed E-state index contributed by atoms with van der Waals surface area (Å²) in [6.07, 6.45) is -3.88. The number of halogens is 3. The fourth-order valence-corrected chi connectivity index (χ4v) is 4.05. The molecule has 0 bridgehead atoms. The van der Waals surface area contributed by atoms with E-state index in [9.17, 15) is 26.4 Å². The van der Waals surface area contributed by atoms with E-state index in [1.165, 1.54) is 49.2 Å². The van der Waals surface area contributed by atoms with E-state index in [1.807, 2.05) is 0 Å². The molecule has 0 saturated carbocycles. The van der Waals surface area contributed by atoms with E-state index in [0.29, 0.717) is 13.0 Å². The number of carbonyl (C=O) groups excluding carboxylic acids is 1. The van der Waals surface area contributed by atoms with Crippen LogP contribution in [0.1, 0.15) is 16.8 Å². The Bertz CT molecular complexity index is 812. The quantitative estimate of drug-likeness (QED) is 0.721. The van der Waals surface area contributed by atoms with Gasteiger partial charge in [0.15, 0.2) is 0 Å². The van der Waals surface area contributed by atoms with Crippen LogP contribution in [0.3, 0.4) is 0 Å². The van der Waals surface area contributed by atoms with Crippen LogP contribution in [0.15, 0.2) is 23.1 Å². The molecule has 158 valence electrons. The number of nitrogens with zero attached hydrogens (tertiary/aromatic N) is 3. The number of methoxy groups -OCH3 is 1. The number of ether oxygens (including phenoxy) is 1. The lowest BCUT2D eigenvalue weighted by atomic mass is 10.2. The molecule has 11 heteroatoms. The summed E-state index contributed by atoms with van der Waals surface area (Å²) >= 11 is 0. The Hall–Kier alpha value is -1.85. The normalized spacial score (nSPS) is 16.9. The number of hydrogen-bond donors (Lipinski definition) is 0. The highest BCUT2D eigenvalue weighted by Crippen LogP contribution is 2.27. The Kier molecular flexibility index (Phi) is 6.94. The SMILES string of the molecule is COc1ccc(C(=O)N2CCCN(CC(F)(F)F)CC2)cc1S(=O)(=O)N(C)C. The van der Waals surface area contributed by atoms with E-state index in [2.05, 4.69) is 0 Å². The van der Waals surface area contributed by atoms with Gasteiger partial charge < -0.3 is 9.64 Å². The largest absolute Gasteiger partial charge is 0.495 e. The lowest BCUT2D eigenvalue weighted by Crippen LogP contribution is -2.38. The summed E-state index contributed by atoms with van der Waals surface area (Å²) in [5.41, 5.74) is 0.144. The zero-order valence-electron chi connectivity index (χ0n) is 16.0. The summed E-state index contributed by atoms with van der Waals surface area (Å²) in [6.45, 7) is -0.231. The topological polar surface area (TPSA) is 70.2 Å². The monoisotopic (exact) mass is 423 g/mol. The van der Waals surface area contributed by atoms with Crippen LogP contribution in [0.25, 0.3) is 0 Å². The average Bonchev–Trinajstić information content (AvgIpc) is 2.84. The number of rotatable bonds is 5. The lowest BCUT2D eigenvalue weighted by molar-refractivity contribution is -0.145. The summed E-state index contributed by atoms with van der Waals surface area (Å²) in [4.78, 5) is 15.4. The van der Waals surface area contributed by atoms with Gasteiger partial charge in [-0.15, -0.1) is 0 Å². The van der Waals surface area contributed by atoms with Crippen molar-refractivity contribution in [1.82, 2.24) is 14.1 Å². The number of alkyl halides is 3. The van der Waals surface area contributed by atoms with E-state index in [1.54, 1.807) is 0 Å². The van der Waals surface area contributed by atoms with Crippen LogP contribution in [-0.2, 0) is 10.0 Å². The van der Waals surface area contributed by atoms with Crippen LogP contribution >= 0.6 is 0 Å². The molecule has 0 N–H and O–H groups in total. The van der Waals surface area contributed by atoms with Gasteiger partial charge in [-0.05, 0) is 24.6 Å². The van der Waals surface area contributed by atoms with Crippen LogP contribution in [-0.4, -0.2) is 88.5 Å². The van der Waals surface area contributed by atoms with Gasteiger partial charge in [-0.2, -0.15) is 13.2 Å². The van der Waals surface area contributed by atoms with Gasteiger partial charge in [0.2, 0.25) is 10.0 Å². The standard InChI is InChI=1S/C17H24F3N3O4S/c1-21(2)28(25,26)15-11-13(5-6-14(15)27-3)16(24)23-8-4-7-22(9-10-23)12-17(18,19)20/h5-6,11H,4,7-10,12H2,1-3H3. The second kappa shape index (κ2) is 8.66. The van der Waals surface area contributed by atoms with E-state index >= 15 is 0 Å². The molecular weight excluding hydrogens is 399 g/mol. The fourth-order valence-electron chi connectivity index (χ4n) is 2.98. The summed E-state index contributed by atoms with van der Waals surface area (Å²) < 4.78 is 68.9. The number of benzene rings is 1. The van der Waals surface area contributed by atoms with Crippen molar-refractivity contribution in [3.63, 3.8) is 0 Å². The number of hydrogen-bond acceptors (Lipinski definition) is 5. The molecule has 0 spiro atoms. The Morgan fingerprint density at radius 3 is 2.43 bits per heavy atom. The maximum Gasteiger partial charge on any atom is 0.401 e. The van der Waals surface area contributed by atoms with Crippen molar-refractivity contribution < 1.29 is 31.1 Å². The molecule has 1 heterocycles. The molecule has 1 aromatic carbocycles. The van der Waals surface area contributed by atoms with E-state index in [0.717, 1.165) is 4.31 Å². The number of sulfonamides is 1. The first-order valence-corrected chi connectivity index (χ1v) is 10.1. The molecule has 7 nitrogen and oxygen atoms in total. The minimum absolute atomic E-state index is 0.101. The Morgan fingerprint density at radius 2 is 1.86 bits per heavy atom. The van der Waals surface area contributed by atoms with Gasteiger partial charge in [-0.25, -0.2) is 12.7 Å². The molecule has 1 amide bonds. The second-order valence-corrected chi connectivity index (χ2v) is 8.81. The van der Waals surface area contributed by atoms with E-state index in [-0.39, 0.29) is 35.8 Å². The van der Waals surface area contributed by atoms with Crippen LogP contribution in [0.5, 0.6) is 5.75 Å². The smallest absolute Gasteiger partial charge is 0.401 e. The second-order valence-electron chi connectivity index (χ2n) is 6.69. The van der Waals surface area contributed by atoms with Crippen molar-refractivity contribution in [2.24, 2.45) is 0 Å². The lowest BCUT2D eigenvalue weighted by Gasteiger charge is -2.23. The summed E-state index contributed by atoms with van der Waals surface area (Å²) in [5.74, 6) is -0.316. The first-order valence-electron chi connectivity index (χ1n) is 8.64. The summed E-state index contributed by atoms with van der Waals surface area (Å²) in [6, 6.07) is 4.10. The van der Waals surface area contributed by atoms with Gasteiger partial charge in [0.05, 0.1) is 13.7 Å². The first kappa shape index (κ1) is 22.4. The molecule has 2 rings (SSSR count).